The molecular weight excluding hydrogens is 581 g/mol. The molecule has 4 aliphatic rings. The van der Waals surface area contributed by atoms with E-state index in [9.17, 15) is 21.6 Å². The Balaban J connectivity index is 1.00. The fourth-order valence-corrected chi connectivity index (χ4v) is 8.15. The zero-order valence-electron chi connectivity index (χ0n) is 23.9. The zero-order chi connectivity index (χ0) is 30.1. The number of aliphatic imine (C=N–C) groups is 1. The summed E-state index contributed by atoms with van der Waals surface area (Å²) in [6.07, 6.45) is 7.42. The highest BCUT2D eigenvalue weighted by atomic mass is 32.2. The zero-order valence-corrected chi connectivity index (χ0v) is 24.7. The van der Waals surface area contributed by atoms with Gasteiger partial charge in [0.15, 0.2) is 12.1 Å². The lowest BCUT2D eigenvalue weighted by Gasteiger charge is -2.49. The first-order chi connectivity index (χ1) is 20.6. The van der Waals surface area contributed by atoms with Gasteiger partial charge in [0.2, 0.25) is 10.0 Å². The van der Waals surface area contributed by atoms with Crippen LogP contribution >= 0.6 is 0 Å². The Bertz CT molecular complexity index is 1430. The Hall–Kier alpha value is -3.00. The lowest BCUT2D eigenvalue weighted by molar-refractivity contribution is -0.139. The van der Waals surface area contributed by atoms with Gasteiger partial charge >= 0.3 is 6.18 Å². The average Bonchev–Trinajstić information content (AvgIpc) is 3.85. The van der Waals surface area contributed by atoms with Crippen LogP contribution in [0, 0.1) is 0 Å². The number of ether oxygens (including phenoxy) is 1. The first-order valence-corrected chi connectivity index (χ1v) is 16.3. The molecule has 3 fully saturated rings. The van der Waals surface area contributed by atoms with Gasteiger partial charge in [0, 0.05) is 68.5 Å². The van der Waals surface area contributed by atoms with Crippen LogP contribution in [0.1, 0.15) is 50.5 Å². The van der Waals surface area contributed by atoms with Gasteiger partial charge in [-0.25, -0.2) is 13.4 Å². The fraction of sp³-hybridized carbons (Fsp3) is 0.533. The van der Waals surface area contributed by atoms with E-state index in [-0.39, 0.29) is 24.4 Å². The van der Waals surface area contributed by atoms with Gasteiger partial charge in [0.25, 0.3) is 0 Å². The van der Waals surface area contributed by atoms with Crippen LogP contribution in [0.4, 0.5) is 18.9 Å². The molecule has 0 amide bonds. The molecule has 1 unspecified atom stereocenters. The number of nitrogens with one attached hydrogen (secondary N) is 1. The van der Waals surface area contributed by atoms with Crippen LogP contribution in [0.3, 0.4) is 0 Å². The second kappa shape index (κ2) is 12.2. The Morgan fingerprint density at radius 1 is 1.05 bits per heavy atom. The molecule has 6 rings (SSSR count). The molecule has 4 heterocycles. The predicted molar refractivity (Wildman–Crippen MR) is 157 cm³/mol. The second-order valence-corrected chi connectivity index (χ2v) is 13.5. The summed E-state index contributed by atoms with van der Waals surface area (Å²) in [5.74, 6) is 0.502. The summed E-state index contributed by atoms with van der Waals surface area (Å²) in [4.78, 5) is 12.4. The van der Waals surface area contributed by atoms with E-state index in [4.69, 9.17) is 4.74 Å². The molecule has 2 aromatic rings. The summed E-state index contributed by atoms with van der Waals surface area (Å²) >= 11 is 0. The molecule has 1 aromatic heterocycles. The van der Waals surface area contributed by atoms with E-state index in [0.29, 0.717) is 38.2 Å². The van der Waals surface area contributed by atoms with E-state index >= 15 is 0 Å². The molecule has 1 aromatic carbocycles. The summed E-state index contributed by atoms with van der Waals surface area (Å²) in [6, 6.07) is 8.21. The highest BCUT2D eigenvalue weighted by molar-refractivity contribution is 7.89. The second-order valence-electron chi connectivity index (χ2n) is 11.7. The van der Waals surface area contributed by atoms with Gasteiger partial charge in [-0.15, -0.1) is 0 Å². The highest BCUT2D eigenvalue weighted by Crippen LogP contribution is 2.38. The van der Waals surface area contributed by atoms with Gasteiger partial charge in [-0.05, 0) is 68.9 Å². The van der Waals surface area contributed by atoms with Crippen molar-refractivity contribution in [3.05, 3.63) is 66.6 Å². The molecule has 9 nitrogen and oxygen atoms in total. The van der Waals surface area contributed by atoms with Crippen molar-refractivity contribution in [2.45, 2.75) is 73.8 Å². The number of hydrogen-bond acceptors (Lipinski definition) is 8. The molecular formula is C30H37F3N6O3S. The van der Waals surface area contributed by atoms with Crippen molar-refractivity contribution in [1.82, 2.24) is 19.5 Å². The molecule has 1 atom stereocenters. The van der Waals surface area contributed by atoms with E-state index in [1.54, 1.807) is 6.20 Å². The van der Waals surface area contributed by atoms with Crippen LogP contribution in [-0.2, 0) is 20.9 Å². The van der Waals surface area contributed by atoms with Crippen molar-refractivity contribution < 1.29 is 26.3 Å². The number of pyridine rings is 1. The van der Waals surface area contributed by atoms with Gasteiger partial charge in [0.1, 0.15) is 0 Å². The van der Waals surface area contributed by atoms with Crippen molar-refractivity contribution in [3.8, 4) is 0 Å². The van der Waals surface area contributed by atoms with Crippen LogP contribution in [-0.4, -0.2) is 79.2 Å². The normalized spacial score (nSPS) is 22.9. The largest absolute Gasteiger partial charge is 0.458 e. The lowest BCUT2D eigenvalue weighted by atomic mass is 9.83. The minimum Gasteiger partial charge on any atom is -0.458 e. The predicted octanol–water partition coefficient (Wildman–Crippen LogP) is 4.59. The number of nitrogens with zero attached hydrogens (tertiary/aromatic N) is 5. The molecule has 43 heavy (non-hydrogen) atoms. The van der Waals surface area contributed by atoms with Gasteiger partial charge < -0.3 is 9.64 Å². The third-order valence-electron chi connectivity index (χ3n) is 8.87. The number of halogens is 3. The smallest absolute Gasteiger partial charge is 0.417 e. The van der Waals surface area contributed by atoms with Crippen LogP contribution in [0.5, 0.6) is 0 Å². The first kappa shape index (κ1) is 30.0. The molecule has 1 spiro atoms. The van der Waals surface area contributed by atoms with Crippen molar-refractivity contribution in [1.29, 1.82) is 0 Å². The van der Waals surface area contributed by atoms with Gasteiger partial charge in [-0.1, -0.05) is 12.1 Å². The number of aromatic nitrogens is 1. The van der Waals surface area contributed by atoms with E-state index in [1.165, 1.54) is 22.1 Å². The van der Waals surface area contributed by atoms with Crippen molar-refractivity contribution in [2.24, 2.45) is 4.99 Å². The number of hydrogen-bond donors (Lipinski definition) is 1. The molecule has 13 heteroatoms. The summed E-state index contributed by atoms with van der Waals surface area (Å²) in [5.41, 5.74) is 0.182. The number of rotatable bonds is 9. The average molecular weight is 619 g/mol. The minimum absolute atomic E-state index is 0.0975. The quantitative estimate of drug-likeness (QED) is 0.440. The van der Waals surface area contributed by atoms with Crippen molar-refractivity contribution in [2.75, 3.05) is 37.7 Å². The summed E-state index contributed by atoms with van der Waals surface area (Å²) in [5, 5.41) is 3.77. The number of sulfonamides is 1. The van der Waals surface area contributed by atoms with Crippen LogP contribution < -0.4 is 10.2 Å². The first-order valence-electron chi connectivity index (χ1n) is 14.9. The Kier molecular flexibility index (Phi) is 8.51. The number of benzene rings is 1. The number of anilines is 1. The van der Waals surface area contributed by atoms with Gasteiger partial charge in [-0.2, -0.15) is 17.5 Å². The summed E-state index contributed by atoms with van der Waals surface area (Å²) in [6.45, 7) is 3.63. The van der Waals surface area contributed by atoms with E-state index in [2.05, 4.69) is 37.2 Å². The van der Waals surface area contributed by atoms with Crippen LogP contribution in [0.2, 0.25) is 0 Å². The molecule has 1 N–H and O–H groups in total. The Morgan fingerprint density at radius 3 is 2.44 bits per heavy atom. The molecule has 232 valence electrons. The maximum Gasteiger partial charge on any atom is 0.417 e. The maximum atomic E-state index is 13.6. The van der Waals surface area contributed by atoms with Crippen LogP contribution in [0.15, 0.2) is 71.0 Å². The monoisotopic (exact) mass is 618 g/mol. The SMILES string of the molecule is O=S(=O)(c1ccccc1C(F)(F)F)N(CCCC1=NC=CC(N2CCC3(CCN(c4ccncc4)CC3)NC2)O1)C1CC1. The maximum absolute atomic E-state index is 13.6. The molecule has 3 aliphatic heterocycles. The molecule has 1 aliphatic carbocycles. The van der Waals surface area contributed by atoms with Gasteiger partial charge in [0.05, 0.1) is 17.1 Å². The lowest BCUT2D eigenvalue weighted by Crippen LogP contribution is -2.62. The van der Waals surface area contributed by atoms with E-state index < -0.39 is 26.7 Å². The number of piperidine rings is 1. The summed E-state index contributed by atoms with van der Waals surface area (Å²) < 4.78 is 74.9. The third-order valence-corrected chi connectivity index (χ3v) is 10.9. The summed E-state index contributed by atoms with van der Waals surface area (Å²) in [7, 11) is -4.32. The standard InChI is InChI=1S/C30H37F3N6O3S/c31-30(32,33)25-4-1-2-5-26(25)43(40,41)39(24-7-8-24)18-3-6-27-35-17-11-28(42-27)38-21-14-29(36-22-38)12-19-37(20-13-29)23-9-15-34-16-10-23/h1-2,4-5,9-11,15-17,24,28,36H,3,6-8,12-14,18-22H2. The van der Waals surface area contributed by atoms with Crippen molar-refractivity contribution >= 4 is 21.6 Å². The molecule has 0 bridgehead atoms. The molecule has 0 radical (unpaired) electrons. The van der Waals surface area contributed by atoms with E-state index in [1.807, 2.05) is 18.5 Å². The minimum atomic E-state index is -4.76. The third kappa shape index (κ3) is 6.74. The Labute approximate surface area is 250 Å². The molecule has 2 saturated heterocycles. The van der Waals surface area contributed by atoms with Gasteiger partial charge in [-0.3, -0.25) is 15.2 Å². The topological polar surface area (TPSA) is 90.4 Å². The number of alkyl halides is 3. The molecule has 1 saturated carbocycles. The fourth-order valence-electron chi connectivity index (χ4n) is 6.21. The van der Waals surface area contributed by atoms with Crippen molar-refractivity contribution in [3.63, 3.8) is 0 Å². The Morgan fingerprint density at radius 2 is 1.77 bits per heavy atom. The highest BCUT2D eigenvalue weighted by Gasteiger charge is 2.43. The van der Waals surface area contributed by atoms with E-state index in [0.717, 1.165) is 51.0 Å². The van der Waals surface area contributed by atoms with Crippen LogP contribution in [0.25, 0.3) is 0 Å².